The van der Waals surface area contributed by atoms with Gasteiger partial charge in [-0.05, 0) is 25.7 Å². The molecule has 0 aliphatic heterocycles. The topological polar surface area (TPSA) is 46.2 Å². The number of hydrogen-bond acceptors (Lipinski definition) is 2. The zero-order valence-electron chi connectivity index (χ0n) is 12.1. The van der Waals surface area contributed by atoms with Crippen molar-refractivity contribution in [2.24, 2.45) is 10.8 Å². The molecule has 0 spiro atoms. The molecule has 0 aromatic rings. The fraction of sp³-hybridized carbons (Fsp3) is 0.857. The SMILES string of the molecule is CCC(C)(C)C(=O)NC(=O)C(CC)(CC)CC. The average Bonchev–Trinajstić information content (AvgIpc) is 2.32. The standard InChI is InChI=1S/C14H27NO2/c1-7-13(5,6)11(16)15-12(17)14(8-2,9-3)10-4/h7-10H2,1-6H3,(H,15,16,17). The van der Waals surface area contributed by atoms with Gasteiger partial charge in [-0.25, -0.2) is 0 Å². The second-order valence-corrected chi connectivity index (χ2v) is 5.36. The summed E-state index contributed by atoms with van der Waals surface area (Å²) in [5, 5.41) is 2.59. The normalized spacial score (nSPS) is 12.4. The highest BCUT2D eigenvalue weighted by Gasteiger charge is 2.36. The van der Waals surface area contributed by atoms with E-state index in [9.17, 15) is 9.59 Å². The highest BCUT2D eigenvalue weighted by Crippen LogP contribution is 2.31. The van der Waals surface area contributed by atoms with Crippen LogP contribution in [0.3, 0.4) is 0 Å². The Morgan fingerprint density at radius 2 is 1.24 bits per heavy atom. The number of rotatable bonds is 6. The molecule has 0 saturated heterocycles. The summed E-state index contributed by atoms with van der Waals surface area (Å²) in [6, 6.07) is 0. The molecule has 0 fully saturated rings. The lowest BCUT2D eigenvalue weighted by atomic mass is 9.78. The van der Waals surface area contributed by atoms with E-state index in [0.717, 1.165) is 25.7 Å². The lowest BCUT2D eigenvalue weighted by Crippen LogP contribution is -2.47. The van der Waals surface area contributed by atoms with Gasteiger partial charge in [0.05, 0.1) is 0 Å². The van der Waals surface area contributed by atoms with Crippen molar-refractivity contribution in [3.63, 3.8) is 0 Å². The van der Waals surface area contributed by atoms with E-state index in [-0.39, 0.29) is 17.2 Å². The Bertz CT molecular complexity index is 270. The molecule has 100 valence electrons. The smallest absolute Gasteiger partial charge is 0.232 e. The van der Waals surface area contributed by atoms with Crippen LogP contribution in [0.15, 0.2) is 0 Å². The largest absolute Gasteiger partial charge is 0.296 e. The van der Waals surface area contributed by atoms with Crippen LogP contribution in [-0.2, 0) is 9.59 Å². The second kappa shape index (κ2) is 6.18. The molecule has 0 aromatic heterocycles. The highest BCUT2D eigenvalue weighted by atomic mass is 16.2. The lowest BCUT2D eigenvalue weighted by molar-refractivity contribution is -0.141. The van der Waals surface area contributed by atoms with E-state index in [1.807, 2.05) is 41.5 Å². The van der Waals surface area contributed by atoms with Gasteiger partial charge in [0, 0.05) is 10.8 Å². The van der Waals surface area contributed by atoms with Crippen molar-refractivity contribution >= 4 is 11.8 Å². The minimum atomic E-state index is -0.476. The van der Waals surface area contributed by atoms with Crippen molar-refractivity contribution in [1.29, 1.82) is 0 Å². The fourth-order valence-electron chi connectivity index (χ4n) is 1.80. The van der Waals surface area contributed by atoms with Crippen LogP contribution in [0.4, 0.5) is 0 Å². The molecule has 0 radical (unpaired) electrons. The maximum Gasteiger partial charge on any atom is 0.232 e. The van der Waals surface area contributed by atoms with Crippen molar-refractivity contribution in [2.75, 3.05) is 0 Å². The summed E-state index contributed by atoms with van der Waals surface area (Å²) in [7, 11) is 0. The first-order chi connectivity index (χ1) is 7.79. The van der Waals surface area contributed by atoms with Gasteiger partial charge < -0.3 is 0 Å². The number of amides is 2. The minimum Gasteiger partial charge on any atom is -0.296 e. The van der Waals surface area contributed by atoms with Gasteiger partial charge in [-0.15, -0.1) is 0 Å². The third-order valence-corrected chi connectivity index (χ3v) is 4.24. The van der Waals surface area contributed by atoms with E-state index in [4.69, 9.17) is 0 Å². The Balaban J connectivity index is 4.80. The molecule has 3 nitrogen and oxygen atoms in total. The number of hydrogen-bond donors (Lipinski definition) is 1. The molecule has 0 aliphatic rings. The fourth-order valence-corrected chi connectivity index (χ4v) is 1.80. The van der Waals surface area contributed by atoms with E-state index in [2.05, 4.69) is 5.32 Å². The van der Waals surface area contributed by atoms with Gasteiger partial charge in [0.2, 0.25) is 11.8 Å². The average molecular weight is 241 g/mol. The molecule has 0 unspecified atom stereocenters. The molecule has 3 heteroatoms. The highest BCUT2D eigenvalue weighted by molar-refractivity contribution is 6.00. The third kappa shape index (κ3) is 3.55. The summed E-state index contributed by atoms with van der Waals surface area (Å²) in [4.78, 5) is 24.2. The number of imide groups is 1. The zero-order chi connectivity index (χ0) is 13.7. The lowest BCUT2D eigenvalue weighted by Gasteiger charge is -2.30. The van der Waals surface area contributed by atoms with E-state index in [1.165, 1.54) is 0 Å². The van der Waals surface area contributed by atoms with Crippen LogP contribution >= 0.6 is 0 Å². The predicted molar refractivity (Wildman–Crippen MR) is 70.5 cm³/mol. The molecule has 0 aromatic carbocycles. The van der Waals surface area contributed by atoms with Crippen LogP contribution in [0.25, 0.3) is 0 Å². The number of carbonyl (C=O) groups excluding carboxylic acids is 2. The molecule has 0 saturated carbocycles. The van der Waals surface area contributed by atoms with Crippen LogP contribution < -0.4 is 5.32 Å². The van der Waals surface area contributed by atoms with Crippen LogP contribution in [0.1, 0.15) is 67.2 Å². The summed E-state index contributed by atoms with van der Waals surface area (Å²) in [5.41, 5.74) is -0.865. The first kappa shape index (κ1) is 16.1. The summed E-state index contributed by atoms with van der Waals surface area (Å²) >= 11 is 0. The summed E-state index contributed by atoms with van der Waals surface area (Å²) < 4.78 is 0. The van der Waals surface area contributed by atoms with E-state index in [1.54, 1.807) is 0 Å². The zero-order valence-corrected chi connectivity index (χ0v) is 12.1. The van der Waals surface area contributed by atoms with Gasteiger partial charge in [-0.1, -0.05) is 41.5 Å². The van der Waals surface area contributed by atoms with Gasteiger partial charge in [0.1, 0.15) is 0 Å². The van der Waals surface area contributed by atoms with Crippen molar-refractivity contribution in [1.82, 2.24) is 5.32 Å². The first-order valence-electron chi connectivity index (χ1n) is 6.65. The van der Waals surface area contributed by atoms with Crippen LogP contribution in [-0.4, -0.2) is 11.8 Å². The summed E-state index contributed by atoms with van der Waals surface area (Å²) in [5.74, 6) is -0.277. The van der Waals surface area contributed by atoms with Crippen LogP contribution in [0.2, 0.25) is 0 Å². The van der Waals surface area contributed by atoms with Crippen molar-refractivity contribution in [3.8, 4) is 0 Å². The maximum absolute atomic E-state index is 12.2. The molecule has 2 amide bonds. The van der Waals surface area contributed by atoms with Gasteiger partial charge >= 0.3 is 0 Å². The second-order valence-electron chi connectivity index (χ2n) is 5.36. The Morgan fingerprint density at radius 3 is 1.53 bits per heavy atom. The minimum absolute atomic E-state index is 0.114. The molecule has 0 rings (SSSR count). The quantitative estimate of drug-likeness (QED) is 0.775. The molecule has 0 aliphatic carbocycles. The van der Waals surface area contributed by atoms with Crippen molar-refractivity contribution < 1.29 is 9.59 Å². The van der Waals surface area contributed by atoms with E-state index >= 15 is 0 Å². The Labute approximate surface area is 105 Å². The van der Waals surface area contributed by atoms with Crippen LogP contribution in [0.5, 0.6) is 0 Å². The number of nitrogens with one attached hydrogen (secondary N) is 1. The molecule has 0 atom stereocenters. The molecular formula is C14H27NO2. The van der Waals surface area contributed by atoms with Crippen LogP contribution in [0, 0.1) is 10.8 Å². The predicted octanol–water partition coefficient (Wildman–Crippen LogP) is 3.28. The number of carbonyl (C=O) groups is 2. The Kier molecular flexibility index (Phi) is 5.86. The molecular weight excluding hydrogens is 214 g/mol. The molecule has 17 heavy (non-hydrogen) atoms. The van der Waals surface area contributed by atoms with Gasteiger partial charge in [0.25, 0.3) is 0 Å². The van der Waals surface area contributed by atoms with E-state index in [0.29, 0.717) is 0 Å². The molecule has 1 N–H and O–H groups in total. The van der Waals surface area contributed by atoms with Crippen molar-refractivity contribution in [2.45, 2.75) is 67.2 Å². The Morgan fingerprint density at radius 1 is 0.824 bits per heavy atom. The monoisotopic (exact) mass is 241 g/mol. The van der Waals surface area contributed by atoms with Crippen molar-refractivity contribution in [3.05, 3.63) is 0 Å². The summed E-state index contributed by atoms with van der Waals surface area (Å²) in [6.45, 7) is 11.7. The molecule has 0 heterocycles. The van der Waals surface area contributed by atoms with Gasteiger partial charge in [-0.2, -0.15) is 0 Å². The van der Waals surface area contributed by atoms with E-state index < -0.39 is 5.41 Å². The summed E-state index contributed by atoms with van der Waals surface area (Å²) in [6.07, 6.45) is 3.03. The van der Waals surface area contributed by atoms with Gasteiger partial charge in [0.15, 0.2) is 0 Å². The first-order valence-corrected chi connectivity index (χ1v) is 6.65. The third-order valence-electron chi connectivity index (χ3n) is 4.24. The molecule has 0 bridgehead atoms. The Hall–Kier alpha value is -0.860. The van der Waals surface area contributed by atoms with Gasteiger partial charge in [-0.3, -0.25) is 14.9 Å². The maximum atomic E-state index is 12.2.